The molecular weight excluding hydrogens is 444 g/mol. The van der Waals surface area contributed by atoms with Crippen molar-refractivity contribution in [1.29, 1.82) is 0 Å². The van der Waals surface area contributed by atoms with Crippen LogP contribution < -0.4 is 0 Å². The highest BCUT2D eigenvalue weighted by Crippen LogP contribution is 2.51. The molecular formula is C24H30ClN2O2SSi. The number of hydrogen-bond donors (Lipinski definition) is 0. The molecule has 1 atom stereocenters. The van der Waals surface area contributed by atoms with Gasteiger partial charge in [-0.25, -0.2) is 0 Å². The summed E-state index contributed by atoms with van der Waals surface area (Å²) in [5, 5.41) is 1.83. The number of benzene rings is 2. The maximum absolute atomic E-state index is 6.26. The molecule has 0 bridgehead atoms. The van der Waals surface area contributed by atoms with Gasteiger partial charge in [-0.2, -0.15) is 0 Å². The quantitative estimate of drug-likeness (QED) is 0.445. The van der Waals surface area contributed by atoms with Crippen LogP contribution >= 0.6 is 23.4 Å². The molecule has 165 valence electrons. The first-order valence-corrected chi connectivity index (χ1v) is 11.9. The molecule has 0 N–H and O–H groups in total. The molecule has 0 spiro atoms. The summed E-state index contributed by atoms with van der Waals surface area (Å²) in [6.07, 6.45) is 0. The zero-order chi connectivity index (χ0) is 22.6. The summed E-state index contributed by atoms with van der Waals surface area (Å²) in [6, 6.07) is 18.2. The summed E-state index contributed by atoms with van der Waals surface area (Å²) in [4.78, 5) is 5.74. The number of halogens is 1. The van der Waals surface area contributed by atoms with Crippen molar-refractivity contribution in [2.45, 2.75) is 44.9 Å². The Morgan fingerprint density at radius 1 is 1.06 bits per heavy atom. The van der Waals surface area contributed by atoms with Crippen LogP contribution in [0.1, 0.15) is 33.3 Å². The van der Waals surface area contributed by atoms with Crippen molar-refractivity contribution in [3.8, 4) is 0 Å². The summed E-state index contributed by atoms with van der Waals surface area (Å²) in [5.74, 6) is 0. The third-order valence-electron chi connectivity index (χ3n) is 6.05. The molecule has 1 aliphatic rings. The van der Waals surface area contributed by atoms with Crippen LogP contribution in [0.15, 0.2) is 70.2 Å². The fourth-order valence-corrected chi connectivity index (χ4v) is 5.45. The third-order valence-corrected chi connectivity index (χ3v) is 7.57. The van der Waals surface area contributed by atoms with Crippen molar-refractivity contribution >= 4 is 33.8 Å². The average Bonchev–Trinajstić information content (AvgIpc) is 2.92. The van der Waals surface area contributed by atoms with E-state index < -0.39 is 0 Å². The third kappa shape index (κ3) is 5.15. The van der Waals surface area contributed by atoms with Crippen molar-refractivity contribution in [3.05, 3.63) is 75.9 Å². The minimum absolute atomic E-state index is 0.0640. The van der Waals surface area contributed by atoms with E-state index in [1.807, 2.05) is 36.4 Å². The summed E-state index contributed by atoms with van der Waals surface area (Å²) >= 11 is 7.95. The van der Waals surface area contributed by atoms with E-state index in [9.17, 15) is 0 Å². The molecule has 3 rings (SSSR count). The van der Waals surface area contributed by atoms with E-state index in [0.717, 1.165) is 26.2 Å². The van der Waals surface area contributed by atoms with Gasteiger partial charge in [-0.05, 0) is 30.7 Å². The number of nitrogens with zero attached hydrogens (tertiary/aromatic N) is 2. The van der Waals surface area contributed by atoms with Crippen molar-refractivity contribution < 1.29 is 9.16 Å². The summed E-state index contributed by atoms with van der Waals surface area (Å²) in [6.45, 7) is 10.5. The minimum Gasteiger partial charge on any atom is -0.413 e. The van der Waals surface area contributed by atoms with Gasteiger partial charge in [0.2, 0.25) is 10.5 Å². The predicted molar refractivity (Wildman–Crippen MR) is 130 cm³/mol. The molecule has 0 saturated heterocycles. The van der Waals surface area contributed by atoms with Gasteiger partial charge in [0.25, 0.3) is 0 Å². The second-order valence-electron chi connectivity index (χ2n) is 8.82. The van der Waals surface area contributed by atoms with Crippen molar-refractivity contribution in [3.63, 3.8) is 0 Å². The number of rotatable bonds is 8. The van der Waals surface area contributed by atoms with Gasteiger partial charge in [-0.1, -0.05) is 80.5 Å². The summed E-state index contributed by atoms with van der Waals surface area (Å²) in [5.41, 5.74) is 1.88. The van der Waals surface area contributed by atoms with Gasteiger partial charge in [-0.15, -0.1) is 0 Å². The van der Waals surface area contributed by atoms with Gasteiger partial charge in [0, 0.05) is 22.4 Å². The Bertz CT molecular complexity index is 919. The summed E-state index contributed by atoms with van der Waals surface area (Å²) in [7, 11) is 5.34. The lowest BCUT2D eigenvalue weighted by atomic mass is 9.80. The van der Waals surface area contributed by atoms with Crippen LogP contribution in [0.4, 0.5) is 0 Å². The van der Waals surface area contributed by atoms with Crippen LogP contribution in [0.2, 0.25) is 5.02 Å². The average molecular weight is 474 g/mol. The molecule has 4 nitrogen and oxygen atoms in total. The Morgan fingerprint density at radius 3 is 2.39 bits per heavy atom. The van der Waals surface area contributed by atoms with Gasteiger partial charge in [-0.3, -0.25) is 0 Å². The maximum Gasteiger partial charge on any atom is 0.246 e. The van der Waals surface area contributed by atoms with E-state index in [1.165, 1.54) is 0 Å². The molecule has 2 aromatic rings. The fraction of sp³-hybridized carbons (Fsp3) is 0.417. The van der Waals surface area contributed by atoms with E-state index >= 15 is 0 Å². The van der Waals surface area contributed by atoms with E-state index in [-0.39, 0.29) is 11.1 Å². The Balaban J connectivity index is 1.95. The van der Waals surface area contributed by atoms with Crippen molar-refractivity contribution in [2.24, 2.45) is 5.41 Å². The first-order valence-electron chi connectivity index (χ1n) is 10.3. The normalized spacial score (nSPS) is 19.5. The first kappa shape index (κ1) is 24.2. The van der Waals surface area contributed by atoms with Crippen LogP contribution in [0.3, 0.4) is 0 Å². The highest BCUT2D eigenvalue weighted by Gasteiger charge is 2.53. The van der Waals surface area contributed by atoms with Gasteiger partial charge < -0.3 is 19.0 Å². The van der Waals surface area contributed by atoms with Gasteiger partial charge >= 0.3 is 0 Å². The van der Waals surface area contributed by atoms with Crippen molar-refractivity contribution in [2.75, 3.05) is 20.4 Å². The molecule has 0 fully saturated rings. The lowest BCUT2D eigenvalue weighted by molar-refractivity contribution is -0.0981. The molecule has 0 amide bonds. The van der Waals surface area contributed by atoms with Crippen LogP contribution in [0, 0.1) is 5.41 Å². The van der Waals surface area contributed by atoms with E-state index in [0.29, 0.717) is 19.9 Å². The Hall–Kier alpha value is -1.44. The van der Waals surface area contributed by atoms with Gasteiger partial charge in [0.05, 0.1) is 18.9 Å². The number of hydrogen-bond acceptors (Lipinski definition) is 5. The Labute approximate surface area is 199 Å². The second kappa shape index (κ2) is 10.0. The van der Waals surface area contributed by atoms with Gasteiger partial charge in [0.15, 0.2) is 0 Å². The molecule has 1 heterocycles. The summed E-state index contributed by atoms with van der Waals surface area (Å²) < 4.78 is 11.6. The number of thioether (sulfide) groups is 1. The topological polar surface area (TPSA) is 24.9 Å². The molecule has 0 aliphatic carbocycles. The zero-order valence-corrected chi connectivity index (χ0v) is 21.4. The number of likely N-dealkylation sites (N-methyl/N-ethyl adjacent to an activating group) is 1. The highest BCUT2D eigenvalue weighted by atomic mass is 35.5. The monoisotopic (exact) mass is 473 g/mol. The lowest BCUT2D eigenvalue weighted by Gasteiger charge is -2.51. The van der Waals surface area contributed by atoms with Crippen molar-refractivity contribution in [1.82, 2.24) is 9.80 Å². The second-order valence-corrected chi connectivity index (χ2v) is 10.6. The van der Waals surface area contributed by atoms with Gasteiger partial charge in [0.1, 0.15) is 17.4 Å². The molecule has 3 radical (unpaired) electrons. The Kier molecular flexibility index (Phi) is 7.81. The molecule has 1 aliphatic heterocycles. The SMILES string of the molecule is CN1C(CO[Si])=C(Sc2cccc(Cl)c2)N(COCc2ccccc2)C1(C)C(C)(C)C. The van der Waals surface area contributed by atoms with Crippen LogP contribution in [0.25, 0.3) is 0 Å². The smallest absolute Gasteiger partial charge is 0.246 e. The van der Waals surface area contributed by atoms with Crippen LogP contribution in [-0.2, 0) is 15.8 Å². The van der Waals surface area contributed by atoms with E-state index in [2.05, 4.69) is 73.2 Å². The zero-order valence-electron chi connectivity index (χ0n) is 18.8. The first-order chi connectivity index (χ1) is 14.7. The van der Waals surface area contributed by atoms with Crippen LogP contribution in [0.5, 0.6) is 0 Å². The predicted octanol–water partition coefficient (Wildman–Crippen LogP) is 5.89. The molecule has 1 unspecified atom stereocenters. The molecule has 2 aromatic carbocycles. The number of ether oxygens (including phenoxy) is 1. The highest BCUT2D eigenvalue weighted by molar-refractivity contribution is 8.03. The largest absolute Gasteiger partial charge is 0.413 e. The Morgan fingerprint density at radius 2 is 1.77 bits per heavy atom. The molecule has 0 aromatic heterocycles. The maximum atomic E-state index is 6.26. The van der Waals surface area contributed by atoms with Crippen LogP contribution in [-0.4, -0.2) is 46.3 Å². The molecule has 0 saturated carbocycles. The minimum atomic E-state index is -0.315. The van der Waals surface area contributed by atoms with E-state index in [1.54, 1.807) is 11.8 Å². The fourth-order valence-electron chi connectivity index (χ4n) is 3.85. The lowest BCUT2D eigenvalue weighted by Crippen LogP contribution is -2.59. The molecule has 31 heavy (non-hydrogen) atoms. The standard InChI is InChI=1S/C24H30ClN2O2SSi/c1-23(2,3)24(4)26(5)21(16-29-31)22(30-20-13-9-12-19(25)14-20)27(24)17-28-15-18-10-7-6-8-11-18/h6-14H,15-17H2,1-5H3. The molecule has 7 heteroatoms. The van der Waals surface area contributed by atoms with E-state index in [4.69, 9.17) is 20.8 Å².